The highest BCUT2D eigenvalue weighted by molar-refractivity contribution is 6.35. The van der Waals surface area contributed by atoms with Crippen LogP contribution in [0, 0.1) is 0 Å². The SMILES string of the molecule is CC(C)N1CCN(C(=O)c2ccc3[nH]cc(Cl)c3c2)CC1. The quantitative estimate of drug-likeness (QED) is 0.926. The van der Waals surface area contributed by atoms with Crippen molar-refractivity contribution in [1.82, 2.24) is 14.8 Å². The van der Waals surface area contributed by atoms with E-state index in [9.17, 15) is 4.79 Å². The van der Waals surface area contributed by atoms with Crippen molar-refractivity contribution in [1.29, 1.82) is 0 Å². The van der Waals surface area contributed by atoms with Crippen molar-refractivity contribution < 1.29 is 4.79 Å². The molecule has 0 saturated carbocycles. The maximum atomic E-state index is 12.6. The summed E-state index contributed by atoms with van der Waals surface area (Å²) in [5, 5.41) is 1.56. The number of fused-ring (bicyclic) bond motifs is 1. The third kappa shape index (κ3) is 2.78. The highest BCUT2D eigenvalue weighted by Crippen LogP contribution is 2.24. The topological polar surface area (TPSA) is 39.3 Å². The predicted molar refractivity (Wildman–Crippen MR) is 85.9 cm³/mol. The average Bonchev–Trinajstić information content (AvgIpc) is 2.87. The zero-order valence-corrected chi connectivity index (χ0v) is 13.2. The van der Waals surface area contributed by atoms with Gasteiger partial charge in [-0.25, -0.2) is 0 Å². The zero-order valence-electron chi connectivity index (χ0n) is 12.4. The van der Waals surface area contributed by atoms with Gasteiger partial charge in [-0.1, -0.05) is 11.6 Å². The Balaban J connectivity index is 1.76. The van der Waals surface area contributed by atoms with Gasteiger partial charge in [0.1, 0.15) is 0 Å². The maximum Gasteiger partial charge on any atom is 0.253 e. The number of rotatable bonds is 2. The Morgan fingerprint density at radius 3 is 2.62 bits per heavy atom. The van der Waals surface area contributed by atoms with Crippen LogP contribution in [0.2, 0.25) is 5.02 Å². The Morgan fingerprint density at radius 2 is 1.95 bits per heavy atom. The second-order valence-corrected chi connectivity index (χ2v) is 6.23. The smallest absolute Gasteiger partial charge is 0.253 e. The van der Waals surface area contributed by atoms with E-state index in [1.54, 1.807) is 6.20 Å². The molecule has 0 unspecified atom stereocenters. The largest absolute Gasteiger partial charge is 0.360 e. The van der Waals surface area contributed by atoms with Crippen LogP contribution in [-0.4, -0.2) is 52.9 Å². The number of hydrogen-bond acceptors (Lipinski definition) is 2. The minimum Gasteiger partial charge on any atom is -0.360 e. The summed E-state index contributed by atoms with van der Waals surface area (Å²) in [7, 11) is 0. The molecule has 3 rings (SSSR count). The van der Waals surface area contributed by atoms with E-state index in [0.29, 0.717) is 16.6 Å². The van der Waals surface area contributed by atoms with Gasteiger partial charge in [-0.05, 0) is 32.0 Å². The number of nitrogens with one attached hydrogen (secondary N) is 1. The molecule has 112 valence electrons. The van der Waals surface area contributed by atoms with Crippen molar-refractivity contribution in [3.8, 4) is 0 Å². The van der Waals surface area contributed by atoms with Gasteiger partial charge in [-0.15, -0.1) is 0 Å². The van der Waals surface area contributed by atoms with E-state index < -0.39 is 0 Å². The van der Waals surface area contributed by atoms with Crippen molar-refractivity contribution in [2.24, 2.45) is 0 Å². The highest BCUT2D eigenvalue weighted by Gasteiger charge is 2.23. The van der Waals surface area contributed by atoms with E-state index >= 15 is 0 Å². The molecule has 0 radical (unpaired) electrons. The van der Waals surface area contributed by atoms with Gasteiger partial charge in [0.2, 0.25) is 0 Å². The van der Waals surface area contributed by atoms with Crippen LogP contribution in [0.15, 0.2) is 24.4 Å². The molecular weight excluding hydrogens is 286 g/mol. The number of H-pyrrole nitrogens is 1. The third-order valence-electron chi connectivity index (χ3n) is 4.21. The summed E-state index contributed by atoms with van der Waals surface area (Å²) in [5.74, 6) is 0.0950. The summed E-state index contributed by atoms with van der Waals surface area (Å²) in [5.41, 5.74) is 1.67. The molecule has 1 aliphatic heterocycles. The Morgan fingerprint density at radius 1 is 1.24 bits per heavy atom. The fourth-order valence-corrected chi connectivity index (χ4v) is 3.05. The van der Waals surface area contributed by atoms with Gasteiger partial charge >= 0.3 is 0 Å². The van der Waals surface area contributed by atoms with Crippen LogP contribution < -0.4 is 0 Å². The first-order chi connectivity index (χ1) is 10.1. The van der Waals surface area contributed by atoms with Crippen LogP contribution in [0.5, 0.6) is 0 Å². The number of aromatic amines is 1. The number of benzene rings is 1. The summed E-state index contributed by atoms with van der Waals surface area (Å²) in [6.45, 7) is 7.84. The molecule has 1 aliphatic rings. The van der Waals surface area contributed by atoms with E-state index in [2.05, 4.69) is 23.7 Å². The van der Waals surface area contributed by atoms with Gasteiger partial charge in [-0.2, -0.15) is 0 Å². The molecule has 1 amide bonds. The number of halogens is 1. The van der Waals surface area contributed by atoms with Crippen LogP contribution in [0.4, 0.5) is 0 Å². The number of amides is 1. The minimum atomic E-state index is 0.0950. The van der Waals surface area contributed by atoms with Gasteiger partial charge in [0.25, 0.3) is 5.91 Å². The number of aromatic nitrogens is 1. The lowest BCUT2D eigenvalue weighted by atomic mass is 10.1. The standard InChI is InChI=1S/C16H20ClN3O/c1-11(2)19-5-7-20(8-6-19)16(21)12-3-4-15-13(9-12)14(17)10-18-15/h3-4,9-11,18H,5-8H2,1-2H3. The summed E-state index contributed by atoms with van der Waals surface area (Å²) in [6, 6.07) is 6.20. The molecule has 5 heteroatoms. The lowest BCUT2D eigenvalue weighted by Crippen LogP contribution is -2.50. The van der Waals surface area contributed by atoms with E-state index in [-0.39, 0.29) is 5.91 Å². The van der Waals surface area contributed by atoms with E-state index in [4.69, 9.17) is 11.6 Å². The Bertz CT molecular complexity index is 657. The molecule has 1 aromatic carbocycles. The summed E-state index contributed by atoms with van der Waals surface area (Å²) >= 11 is 6.13. The predicted octanol–water partition coefficient (Wildman–Crippen LogP) is 2.99. The van der Waals surface area contributed by atoms with Crippen molar-refractivity contribution in [2.75, 3.05) is 26.2 Å². The first-order valence-electron chi connectivity index (χ1n) is 7.36. The number of piperazine rings is 1. The molecule has 4 nitrogen and oxygen atoms in total. The van der Waals surface area contributed by atoms with Gasteiger partial charge in [0.15, 0.2) is 0 Å². The van der Waals surface area contributed by atoms with Gasteiger partial charge in [0.05, 0.1) is 5.02 Å². The van der Waals surface area contributed by atoms with Gasteiger partial charge in [0, 0.05) is 54.9 Å². The Labute approximate surface area is 129 Å². The molecule has 1 fully saturated rings. The van der Waals surface area contributed by atoms with Crippen LogP contribution in [0.25, 0.3) is 10.9 Å². The second kappa shape index (κ2) is 5.70. The molecule has 1 saturated heterocycles. The fraction of sp³-hybridized carbons (Fsp3) is 0.438. The first kappa shape index (κ1) is 14.4. The van der Waals surface area contributed by atoms with E-state index in [0.717, 1.165) is 37.1 Å². The number of carbonyl (C=O) groups excluding carboxylic acids is 1. The summed E-state index contributed by atoms with van der Waals surface area (Å²) in [4.78, 5) is 20.0. The van der Waals surface area contributed by atoms with E-state index in [1.807, 2.05) is 23.1 Å². The van der Waals surface area contributed by atoms with Crippen LogP contribution >= 0.6 is 11.6 Å². The highest BCUT2D eigenvalue weighted by atomic mass is 35.5. The molecular formula is C16H20ClN3O. The second-order valence-electron chi connectivity index (χ2n) is 5.82. The Kier molecular flexibility index (Phi) is 3.91. The summed E-state index contributed by atoms with van der Waals surface area (Å²) in [6.07, 6.45) is 1.75. The summed E-state index contributed by atoms with van der Waals surface area (Å²) < 4.78 is 0. The van der Waals surface area contributed by atoms with Gasteiger partial charge < -0.3 is 9.88 Å². The molecule has 1 aromatic heterocycles. The molecule has 1 N–H and O–H groups in total. The monoisotopic (exact) mass is 305 g/mol. The van der Waals surface area contributed by atoms with Crippen molar-refractivity contribution in [2.45, 2.75) is 19.9 Å². The fourth-order valence-electron chi connectivity index (χ4n) is 2.84. The molecule has 2 aromatic rings. The minimum absolute atomic E-state index is 0.0950. The molecule has 0 bridgehead atoms. The molecule has 0 atom stereocenters. The van der Waals surface area contributed by atoms with Crippen molar-refractivity contribution in [3.63, 3.8) is 0 Å². The molecule has 0 aliphatic carbocycles. The lowest BCUT2D eigenvalue weighted by Gasteiger charge is -2.37. The zero-order chi connectivity index (χ0) is 15.0. The Hall–Kier alpha value is -1.52. The van der Waals surface area contributed by atoms with Gasteiger partial charge in [-0.3, -0.25) is 9.69 Å². The van der Waals surface area contributed by atoms with Crippen molar-refractivity contribution in [3.05, 3.63) is 35.0 Å². The first-order valence-corrected chi connectivity index (χ1v) is 7.74. The maximum absolute atomic E-state index is 12.6. The number of nitrogens with zero attached hydrogens (tertiary/aromatic N) is 2. The molecule has 0 spiro atoms. The van der Waals surface area contributed by atoms with Crippen LogP contribution in [-0.2, 0) is 0 Å². The normalized spacial score (nSPS) is 16.9. The van der Waals surface area contributed by atoms with Crippen LogP contribution in [0.3, 0.4) is 0 Å². The third-order valence-corrected chi connectivity index (χ3v) is 4.52. The average molecular weight is 306 g/mol. The molecule has 21 heavy (non-hydrogen) atoms. The van der Waals surface area contributed by atoms with Crippen molar-refractivity contribution >= 4 is 28.4 Å². The lowest BCUT2D eigenvalue weighted by molar-refractivity contribution is 0.0595. The van der Waals surface area contributed by atoms with E-state index in [1.165, 1.54) is 0 Å². The molecule has 2 heterocycles. The van der Waals surface area contributed by atoms with Crippen LogP contribution in [0.1, 0.15) is 24.2 Å². The number of hydrogen-bond donors (Lipinski definition) is 1. The number of carbonyl (C=O) groups is 1.